The zero-order valence-electron chi connectivity index (χ0n) is 54.4. The van der Waals surface area contributed by atoms with Crippen LogP contribution in [0.1, 0.15) is 5.56 Å². The Morgan fingerprint density at radius 3 is 1.44 bits per heavy atom. The van der Waals surface area contributed by atoms with Crippen LogP contribution in [0.3, 0.4) is 0 Å². The van der Waals surface area contributed by atoms with Crippen molar-refractivity contribution in [3.63, 3.8) is 0 Å². The standard InChI is InChI=1S/C46H30N4O.C44H28N4S/c1-29-14-8-10-24-39(29)50-40-25-11-9-19-34(40)35-27-26-32(28-41(35)50)45-47-44(31-17-6-3-7-18-31)48-46(49-45)38-23-13-22-37-36-21-12-20-33(42(36)51-43(37)38)30-15-4-2-5-16-30;1-48-38-17-8-7-15-33(38)34-21-19-31(25-39(34)48)43-45-42(46-44(47-43)36-16-9-13-28-12-5-6-14-32(28)36)30-20-23-40-37(24-30)35-22-18-29(26-41(35)49-40)27-10-3-2-4-11-27/h2-28H,1H3;2-26H,1H3. The van der Waals surface area contributed by atoms with Crippen LogP contribution in [0, 0.1) is 6.92 Å². The van der Waals surface area contributed by atoms with Crippen LogP contribution in [0.2, 0.25) is 0 Å². The predicted molar refractivity (Wildman–Crippen MR) is 414 cm³/mol. The number of hydrogen-bond donors (Lipinski definition) is 0. The molecule has 470 valence electrons. The number of furan rings is 1. The van der Waals surface area contributed by atoms with Gasteiger partial charge in [-0.2, -0.15) is 0 Å². The third-order valence-corrected chi connectivity index (χ3v) is 20.6. The molecule has 0 aliphatic heterocycles. The SMILES string of the molecule is Cc1ccccc1-n1c2ccccc2c2ccc(-c3nc(-c4ccccc4)nc(-c4cccc5c4oc4c(-c6ccccc6)cccc45)n3)cc21.Cn1c2ccccc2c2ccc(-c3nc(-c4ccc5sc6cc(-c7ccccc7)ccc6c5c4)nc(-c4cccc5ccccc45)n3)cc21. The third-order valence-electron chi connectivity index (χ3n) is 19.5. The summed E-state index contributed by atoms with van der Waals surface area (Å²) in [5.74, 6) is 3.74. The van der Waals surface area contributed by atoms with Gasteiger partial charge in [-0.15, -0.1) is 11.3 Å². The number of benzene rings is 14. The molecule has 6 aromatic heterocycles. The number of fused-ring (bicyclic) bond motifs is 13. The molecule has 0 unspecified atom stereocenters. The number of thiophene rings is 1. The van der Waals surface area contributed by atoms with E-state index in [-0.39, 0.29) is 0 Å². The number of rotatable bonds is 9. The molecule has 6 heterocycles. The van der Waals surface area contributed by atoms with Crippen molar-refractivity contribution >= 4 is 108 Å². The quantitative estimate of drug-likeness (QED) is 0.142. The van der Waals surface area contributed by atoms with Gasteiger partial charge in [-0.25, -0.2) is 29.9 Å². The second-order valence-corrected chi connectivity index (χ2v) is 26.5. The van der Waals surface area contributed by atoms with Crippen molar-refractivity contribution in [3.05, 3.63) is 321 Å². The van der Waals surface area contributed by atoms with E-state index < -0.39 is 0 Å². The summed E-state index contributed by atoms with van der Waals surface area (Å²) in [6.45, 7) is 2.16. The van der Waals surface area contributed by atoms with E-state index in [0.717, 1.165) is 99.5 Å². The Hall–Kier alpha value is -13.0. The van der Waals surface area contributed by atoms with Crippen LogP contribution >= 0.6 is 11.3 Å². The average Bonchev–Trinajstić information content (AvgIpc) is 1.59. The highest BCUT2D eigenvalue weighted by molar-refractivity contribution is 7.25. The largest absolute Gasteiger partial charge is 0.455 e. The second-order valence-electron chi connectivity index (χ2n) is 25.4. The Bertz CT molecular complexity index is 6620. The Labute approximate surface area is 578 Å². The first-order chi connectivity index (χ1) is 49.4. The number of para-hydroxylation sites is 5. The fraction of sp³-hybridized carbons (Fsp3) is 0.0222. The molecule has 0 fully saturated rings. The van der Waals surface area contributed by atoms with E-state index in [0.29, 0.717) is 34.9 Å². The highest BCUT2D eigenvalue weighted by Gasteiger charge is 2.23. The number of nitrogens with zero attached hydrogens (tertiary/aromatic N) is 8. The number of aromatic nitrogens is 8. The van der Waals surface area contributed by atoms with Crippen LogP contribution in [0.5, 0.6) is 0 Å². The van der Waals surface area contributed by atoms with E-state index in [1.807, 2.05) is 53.8 Å². The molecular formula is C90H58N8OS. The third kappa shape index (κ3) is 9.99. The first-order valence-electron chi connectivity index (χ1n) is 33.5. The van der Waals surface area contributed by atoms with Crippen LogP contribution < -0.4 is 0 Å². The van der Waals surface area contributed by atoms with Gasteiger partial charge in [0, 0.05) is 110 Å². The maximum atomic E-state index is 6.78. The molecule has 14 aromatic carbocycles. The van der Waals surface area contributed by atoms with Crippen LogP contribution in [-0.2, 0) is 7.05 Å². The molecule has 0 spiro atoms. The summed E-state index contributed by atoms with van der Waals surface area (Å²) in [5, 5.41) is 11.6. The Kier molecular flexibility index (Phi) is 14.0. The summed E-state index contributed by atoms with van der Waals surface area (Å²) in [4.78, 5) is 30.9. The molecule has 0 saturated heterocycles. The van der Waals surface area contributed by atoms with Crippen molar-refractivity contribution in [2.75, 3.05) is 0 Å². The molecule has 0 N–H and O–H groups in total. The zero-order chi connectivity index (χ0) is 66.4. The van der Waals surface area contributed by atoms with Crippen molar-refractivity contribution < 1.29 is 4.42 Å². The topological polar surface area (TPSA) is 100 Å². The maximum absolute atomic E-state index is 6.78. The highest BCUT2D eigenvalue weighted by Crippen LogP contribution is 2.43. The molecule has 0 bridgehead atoms. The molecule has 0 radical (unpaired) electrons. The number of aryl methyl sites for hydroxylation is 2. The van der Waals surface area contributed by atoms with E-state index in [1.54, 1.807) is 0 Å². The summed E-state index contributed by atoms with van der Waals surface area (Å²) in [6.07, 6.45) is 0. The zero-order valence-corrected chi connectivity index (χ0v) is 55.2. The van der Waals surface area contributed by atoms with Crippen molar-refractivity contribution in [2.45, 2.75) is 6.92 Å². The van der Waals surface area contributed by atoms with Crippen molar-refractivity contribution in [2.24, 2.45) is 7.05 Å². The van der Waals surface area contributed by atoms with E-state index in [4.69, 9.17) is 34.3 Å². The second kappa shape index (κ2) is 24.0. The summed E-state index contributed by atoms with van der Waals surface area (Å²) in [7, 11) is 2.12. The first kappa shape index (κ1) is 58.3. The minimum atomic E-state index is 0.560. The Balaban J connectivity index is 0.000000139. The van der Waals surface area contributed by atoms with Crippen LogP contribution in [0.25, 0.3) is 193 Å². The van der Waals surface area contributed by atoms with E-state index >= 15 is 0 Å². The van der Waals surface area contributed by atoms with Crippen LogP contribution in [0.4, 0.5) is 0 Å². The molecule has 0 aliphatic carbocycles. The molecular weight excluding hydrogens is 1240 g/mol. The monoisotopic (exact) mass is 1300 g/mol. The Morgan fingerprint density at radius 1 is 0.270 bits per heavy atom. The van der Waals surface area contributed by atoms with Gasteiger partial charge in [0.05, 0.1) is 16.6 Å². The van der Waals surface area contributed by atoms with Gasteiger partial charge in [0.2, 0.25) is 0 Å². The molecule has 0 atom stereocenters. The maximum Gasteiger partial charge on any atom is 0.167 e. The first-order valence-corrected chi connectivity index (χ1v) is 34.4. The fourth-order valence-electron chi connectivity index (χ4n) is 14.6. The van der Waals surface area contributed by atoms with Crippen LogP contribution in [0.15, 0.2) is 320 Å². The van der Waals surface area contributed by atoms with E-state index in [9.17, 15) is 0 Å². The lowest BCUT2D eigenvalue weighted by Crippen LogP contribution is -2.01. The lowest BCUT2D eigenvalue weighted by Gasteiger charge is -2.12. The van der Waals surface area contributed by atoms with E-state index in [2.05, 4.69) is 296 Å². The molecule has 100 heavy (non-hydrogen) atoms. The lowest BCUT2D eigenvalue weighted by atomic mass is 10.0. The van der Waals surface area contributed by atoms with Gasteiger partial charge in [0.25, 0.3) is 0 Å². The predicted octanol–water partition coefficient (Wildman–Crippen LogP) is 23.6. The molecule has 10 heteroatoms. The van der Waals surface area contributed by atoms with Gasteiger partial charge >= 0.3 is 0 Å². The lowest BCUT2D eigenvalue weighted by molar-refractivity contribution is 0.670. The molecule has 9 nitrogen and oxygen atoms in total. The highest BCUT2D eigenvalue weighted by atomic mass is 32.1. The minimum absolute atomic E-state index is 0.560. The smallest absolute Gasteiger partial charge is 0.167 e. The van der Waals surface area contributed by atoms with Crippen molar-refractivity contribution in [1.29, 1.82) is 0 Å². The van der Waals surface area contributed by atoms with Gasteiger partial charge in [-0.3, -0.25) is 0 Å². The van der Waals surface area contributed by atoms with E-state index in [1.165, 1.54) is 63.9 Å². The summed E-state index contributed by atoms with van der Waals surface area (Å²) in [5.41, 5.74) is 18.7. The summed E-state index contributed by atoms with van der Waals surface area (Å²) >= 11 is 1.82. The molecule has 0 amide bonds. The minimum Gasteiger partial charge on any atom is -0.455 e. The summed E-state index contributed by atoms with van der Waals surface area (Å²) in [6, 6.07) is 110. The van der Waals surface area contributed by atoms with Crippen molar-refractivity contribution in [1.82, 2.24) is 39.0 Å². The fourth-order valence-corrected chi connectivity index (χ4v) is 15.7. The van der Waals surface area contributed by atoms with Crippen molar-refractivity contribution in [3.8, 4) is 96.3 Å². The van der Waals surface area contributed by atoms with Gasteiger partial charge in [0.1, 0.15) is 11.2 Å². The normalized spacial score (nSPS) is 11.7. The summed E-state index contributed by atoms with van der Waals surface area (Å²) < 4.78 is 13.9. The molecule has 20 aromatic rings. The number of hydrogen-bond acceptors (Lipinski definition) is 8. The average molecular weight is 1300 g/mol. The molecule has 0 aliphatic rings. The van der Waals surface area contributed by atoms with Gasteiger partial charge in [0.15, 0.2) is 34.9 Å². The molecule has 0 saturated carbocycles. The van der Waals surface area contributed by atoms with Gasteiger partial charge in [-0.05, 0) is 101 Å². The Morgan fingerprint density at radius 2 is 0.730 bits per heavy atom. The van der Waals surface area contributed by atoms with Gasteiger partial charge in [-0.1, -0.05) is 255 Å². The molecule has 20 rings (SSSR count). The van der Waals surface area contributed by atoms with Crippen LogP contribution in [-0.4, -0.2) is 39.0 Å². The van der Waals surface area contributed by atoms with Gasteiger partial charge < -0.3 is 13.6 Å².